The van der Waals surface area contributed by atoms with E-state index in [1.807, 2.05) is 20.8 Å². The standard InChI is InChI=1S/C11H17NO3/c1-11(2,3)15-10(14)12-5-7-4-8(7)9(12)6-13/h6-9H,4-5H2,1-3H3. The topological polar surface area (TPSA) is 46.6 Å². The largest absolute Gasteiger partial charge is 0.444 e. The van der Waals surface area contributed by atoms with Crippen molar-refractivity contribution < 1.29 is 14.3 Å². The molecule has 0 aromatic carbocycles. The second kappa shape index (κ2) is 3.22. The second-order valence-electron chi connectivity index (χ2n) is 5.42. The third-order valence-electron chi connectivity index (χ3n) is 2.97. The summed E-state index contributed by atoms with van der Waals surface area (Å²) in [6.07, 6.45) is 1.61. The Kier molecular flexibility index (Phi) is 2.24. The smallest absolute Gasteiger partial charge is 0.410 e. The molecule has 1 amide bonds. The molecule has 0 spiro atoms. The first-order valence-electron chi connectivity index (χ1n) is 5.37. The number of amides is 1. The first-order valence-corrected chi connectivity index (χ1v) is 5.37. The van der Waals surface area contributed by atoms with E-state index in [1.54, 1.807) is 4.90 Å². The lowest BCUT2D eigenvalue weighted by molar-refractivity contribution is -0.112. The maximum Gasteiger partial charge on any atom is 0.410 e. The van der Waals surface area contributed by atoms with E-state index in [1.165, 1.54) is 0 Å². The quantitative estimate of drug-likeness (QED) is 0.616. The molecule has 2 rings (SSSR count). The van der Waals surface area contributed by atoms with Gasteiger partial charge in [0.1, 0.15) is 11.9 Å². The van der Waals surface area contributed by atoms with Crippen molar-refractivity contribution in [2.75, 3.05) is 6.54 Å². The molecule has 2 aliphatic rings. The van der Waals surface area contributed by atoms with Gasteiger partial charge in [-0.15, -0.1) is 0 Å². The molecule has 0 aromatic heterocycles. The van der Waals surface area contributed by atoms with E-state index in [2.05, 4.69) is 0 Å². The minimum absolute atomic E-state index is 0.246. The predicted molar refractivity (Wildman–Crippen MR) is 54.4 cm³/mol. The number of rotatable bonds is 1. The van der Waals surface area contributed by atoms with Gasteiger partial charge in [-0.05, 0) is 39.0 Å². The Balaban J connectivity index is 1.99. The van der Waals surface area contributed by atoms with Gasteiger partial charge in [-0.1, -0.05) is 0 Å². The number of hydrogen-bond acceptors (Lipinski definition) is 3. The summed E-state index contributed by atoms with van der Waals surface area (Å²) >= 11 is 0. The van der Waals surface area contributed by atoms with Crippen molar-refractivity contribution >= 4 is 12.4 Å². The fourth-order valence-corrected chi connectivity index (χ4v) is 2.20. The van der Waals surface area contributed by atoms with Crippen LogP contribution in [0, 0.1) is 11.8 Å². The van der Waals surface area contributed by atoms with Gasteiger partial charge < -0.3 is 9.53 Å². The van der Waals surface area contributed by atoms with Crippen LogP contribution in [-0.2, 0) is 9.53 Å². The number of carbonyl (C=O) groups excluding carboxylic acids is 2. The van der Waals surface area contributed by atoms with E-state index in [0.29, 0.717) is 18.4 Å². The van der Waals surface area contributed by atoms with Crippen LogP contribution in [-0.4, -0.2) is 35.5 Å². The zero-order valence-electron chi connectivity index (χ0n) is 9.40. The molecule has 4 nitrogen and oxygen atoms in total. The van der Waals surface area contributed by atoms with Gasteiger partial charge in [-0.25, -0.2) is 4.79 Å². The molecule has 1 saturated heterocycles. The summed E-state index contributed by atoms with van der Waals surface area (Å²) in [6.45, 7) is 6.18. The minimum Gasteiger partial charge on any atom is -0.444 e. The van der Waals surface area contributed by atoms with Crippen LogP contribution in [0.15, 0.2) is 0 Å². The molecule has 3 atom stereocenters. The van der Waals surface area contributed by atoms with Crippen LogP contribution in [0.5, 0.6) is 0 Å². The highest BCUT2D eigenvalue weighted by molar-refractivity contribution is 5.75. The Bertz CT molecular complexity index is 295. The van der Waals surface area contributed by atoms with Crippen LogP contribution < -0.4 is 0 Å². The molecule has 4 heteroatoms. The Hall–Kier alpha value is -1.06. The number of aldehydes is 1. The lowest BCUT2D eigenvalue weighted by atomic mass is 10.2. The summed E-state index contributed by atoms with van der Waals surface area (Å²) in [4.78, 5) is 24.2. The van der Waals surface area contributed by atoms with E-state index in [0.717, 1.165) is 12.7 Å². The van der Waals surface area contributed by atoms with Crippen molar-refractivity contribution in [2.24, 2.45) is 11.8 Å². The number of likely N-dealkylation sites (tertiary alicyclic amines) is 1. The summed E-state index contributed by atoms with van der Waals surface area (Å²) in [7, 11) is 0. The number of hydrogen-bond donors (Lipinski definition) is 0. The SMILES string of the molecule is CC(C)(C)OC(=O)N1CC2CC2C1C=O. The number of carbonyl (C=O) groups is 2. The van der Waals surface area contributed by atoms with Crippen LogP contribution in [0.1, 0.15) is 27.2 Å². The first-order chi connectivity index (χ1) is 6.92. The molecule has 15 heavy (non-hydrogen) atoms. The zero-order chi connectivity index (χ0) is 11.2. The molecule has 1 aliphatic carbocycles. The summed E-state index contributed by atoms with van der Waals surface area (Å²) in [5, 5.41) is 0. The van der Waals surface area contributed by atoms with Gasteiger partial charge in [0, 0.05) is 6.54 Å². The molecule has 0 bridgehead atoms. The molecule has 1 heterocycles. The lowest BCUT2D eigenvalue weighted by Crippen LogP contribution is -2.42. The summed E-state index contributed by atoms with van der Waals surface area (Å²) in [5.41, 5.74) is -0.489. The van der Waals surface area contributed by atoms with Crippen LogP contribution in [0.4, 0.5) is 4.79 Å². The average molecular weight is 211 g/mol. The molecule has 3 unspecified atom stereocenters. The molecule has 0 radical (unpaired) electrons. The fourth-order valence-electron chi connectivity index (χ4n) is 2.20. The highest BCUT2D eigenvalue weighted by Gasteiger charge is 2.54. The van der Waals surface area contributed by atoms with E-state index in [4.69, 9.17) is 4.74 Å². The van der Waals surface area contributed by atoms with Gasteiger partial charge >= 0.3 is 6.09 Å². The van der Waals surface area contributed by atoms with Crippen molar-refractivity contribution in [1.82, 2.24) is 4.90 Å². The third kappa shape index (κ3) is 1.98. The summed E-state index contributed by atoms with van der Waals surface area (Å²) in [6, 6.07) is -0.246. The second-order valence-corrected chi connectivity index (χ2v) is 5.42. The lowest BCUT2D eigenvalue weighted by Gasteiger charge is -2.27. The van der Waals surface area contributed by atoms with Gasteiger partial charge in [0.05, 0.1) is 6.04 Å². The predicted octanol–water partition coefficient (Wildman–Crippen LogP) is 1.44. The maximum absolute atomic E-state index is 11.7. The highest BCUT2D eigenvalue weighted by atomic mass is 16.6. The maximum atomic E-state index is 11.7. The highest BCUT2D eigenvalue weighted by Crippen LogP contribution is 2.49. The van der Waals surface area contributed by atoms with Crippen LogP contribution in [0.2, 0.25) is 0 Å². The van der Waals surface area contributed by atoms with Crippen molar-refractivity contribution in [3.05, 3.63) is 0 Å². The van der Waals surface area contributed by atoms with E-state index < -0.39 is 5.60 Å². The van der Waals surface area contributed by atoms with Gasteiger partial charge in [-0.3, -0.25) is 4.90 Å². The third-order valence-corrected chi connectivity index (χ3v) is 2.97. The first kappa shape index (κ1) is 10.5. The molecule has 1 saturated carbocycles. The van der Waals surface area contributed by atoms with Crippen molar-refractivity contribution in [2.45, 2.75) is 38.8 Å². The van der Waals surface area contributed by atoms with E-state index >= 15 is 0 Å². The van der Waals surface area contributed by atoms with Gasteiger partial charge in [0.15, 0.2) is 0 Å². The molecule has 0 aromatic rings. The fraction of sp³-hybridized carbons (Fsp3) is 0.818. The molecule has 2 fully saturated rings. The zero-order valence-corrected chi connectivity index (χ0v) is 9.40. The summed E-state index contributed by atoms with van der Waals surface area (Å²) < 4.78 is 5.25. The van der Waals surface area contributed by atoms with Crippen molar-refractivity contribution in [1.29, 1.82) is 0 Å². The van der Waals surface area contributed by atoms with Crippen molar-refractivity contribution in [3.8, 4) is 0 Å². The van der Waals surface area contributed by atoms with Crippen LogP contribution in [0.25, 0.3) is 0 Å². The van der Waals surface area contributed by atoms with E-state index in [-0.39, 0.29) is 12.1 Å². The number of fused-ring (bicyclic) bond motifs is 1. The van der Waals surface area contributed by atoms with Crippen molar-refractivity contribution in [3.63, 3.8) is 0 Å². The Labute approximate surface area is 89.6 Å². The van der Waals surface area contributed by atoms with E-state index in [9.17, 15) is 9.59 Å². The molecular weight excluding hydrogens is 194 g/mol. The molecule has 84 valence electrons. The van der Waals surface area contributed by atoms with Gasteiger partial charge in [-0.2, -0.15) is 0 Å². The number of piperidine rings is 1. The Morgan fingerprint density at radius 1 is 1.47 bits per heavy atom. The average Bonchev–Trinajstić information content (AvgIpc) is 2.75. The van der Waals surface area contributed by atoms with Crippen LogP contribution in [0.3, 0.4) is 0 Å². The minimum atomic E-state index is -0.489. The Morgan fingerprint density at radius 3 is 2.67 bits per heavy atom. The monoisotopic (exact) mass is 211 g/mol. The Morgan fingerprint density at radius 2 is 2.13 bits per heavy atom. The van der Waals surface area contributed by atoms with Gasteiger partial charge in [0.2, 0.25) is 0 Å². The molecular formula is C11H17NO3. The van der Waals surface area contributed by atoms with Gasteiger partial charge in [0.25, 0.3) is 0 Å². The molecule has 1 aliphatic heterocycles. The molecule has 0 N–H and O–H groups in total. The normalized spacial score (nSPS) is 33.5. The van der Waals surface area contributed by atoms with Crippen LogP contribution >= 0.6 is 0 Å². The summed E-state index contributed by atoms with van der Waals surface area (Å²) in [5.74, 6) is 0.933. The number of ether oxygens (including phenoxy) is 1. The number of nitrogens with zero attached hydrogens (tertiary/aromatic N) is 1.